The SMILES string of the molecule is [2H]C([2H])(Oc1nc(N2CC3CCC2CN3)c2cnn(-c3cc(O)cc4ccc(F)c(CC)c34)c(=O)c2n1)C1(CN2CCCC2)CC1. The van der Waals surface area contributed by atoms with Crippen molar-refractivity contribution in [1.29, 1.82) is 0 Å². The number of phenols is 1. The van der Waals surface area contributed by atoms with E-state index in [1.807, 2.05) is 6.92 Å². The Bertz CT molecular complexity index is 1900. The third-order valence-corrected chi connectivity index (χ3v) is 9.87. The van der Waals surface area contributed by atoms with Gasteiger partial charge in [0.2, 0.25) is 0 Å². The molecule has 10 nitrogen and oxygen atoms in total. The van der Waals surface area contributed by atoms with E-state index in [0.717, 1.165) is 50.0 Å². The number of ether oxygens (including phenoxy) is 1. The van der Waals surface area contributed by atoms with Crippen molar-refractivity contribution in [2.75, 3.05) is 44.2 Å². The van der Waals surface area contributed by atoms with Crippen molar-refractivity contribution in [3.8, 4) is 17.4 Å². The van der Waals surface area contributed by atoms with E-state index in [0.29, 0.717) is 59.9 Å². The number of halogens is 1. The van der Waals surface area contributed by atoms with Gasteiger partial charge in [0, 0.05) is 48.6 Å². The van der Waals surface area contributed by atoms with Crippen LogP contribution in [0.15, 0.2) is 35.3 Å². The molecule has 4 aromatic rings. The average molecular weight is 602 g/mol. The lowest BCUT2D eigenvalue weighted by atomic mass is 9.93. The summed E-state index contributed by atoms with van der Waals surface area (Å²) in [6.07, 6.45) is 7.55. The summed E-state index contributed by atoms with van der Waals surface area (Å²) in [6.45, 7) is 3.77. The van der Waals surface area contributed by atoms with E-state index in [1.165, 1.54) is 24.4 Å². The van der Waals surface area contributed by atoms with Gasteiger partial charge in [-0.15, -0.1) is 0 Å². The number of fused-ring (bicyclic) bond motifs is 5. The van der Waals surface area contributed by atoms with Crippen molar-refractivity contribution in [2.45, 2.75) is 64.0 Å². The minimum absolute atomic E-state index is 0.0236. The van der Waals surface area contributed by atoms with Crippen LogP contribution in [0.4, 0.5) is 10.2 Å². The minimum Gasteiger partial charge on any atom is -0.508 e. The molecule has 0 amide bonds. The molecule has 4 saturated heterocycles. The predicted octanol–water partition coefficient (Wildman–Crippen LogP) is 3.93. The Morgan fingerprint density at radius 2 is 2.05 bits per heavy atom. The molecule has 9 rings (SSSR count). The van der Waals surface area contributed by atoms with Gasteiger partial charge in [-0.25, -0.2) is 4.39 Å². The van der Waals surface area contributed by atoms with Crippen LogP contribution >= 0.6 is 0 Å². The van der Waals surface area contributed by atoms with Gasteiger partial charge in [0.15, 0.2) is 0 Å². The Kier molecular flexibility index (Phi) is 6.18. The topological polar surface area (TPSA) is 109 Å². The molecule has 1 saturated carbocycles. The van der Waals surface area contributed by atoms with E-state index >= 15 is 0 Å². The molecule has 0 spiro atoms. The first-order valence-corrected chi connectivity index (χ1v) is 15.8. The number of piperidine rings is 2. The number of nitrogens with zero attached hydrogens (tertiary/aromatic N) is 6. The lowest BCUT2D eigenvalue weighted by molar-refractivity contribution is 0.170. The second-order valence-electron chi connectivity index (χ2n) is 12.9. The predicted molar refractivity (Wildman–Crippen MR) is 166 cm³/mol. The molecule has 2 aromatic heterocycles. The van der Waals surface area contributed by atoms with Crippen LogP contribution in [-0.2, 0) is 6.42 Å². The Morgan fingerprint density at radius 3 is 2.75 bits per heavy atom. The number of anilines is 1. The molecule has 1 aliphatic carbocycles. The van der Waals surface area contributed by atoms with Gasteiger partial charge in [-0.1, -0.05) is 13.0 Å². The van der Waals surface area contributed by atoms with Crippen molar-refractivity contribution in [1.82, 2.24) is 30.0 Å². The first-order chi connectivity index (χ1) is 22.2. The second-order valence-corrected chi connectivity index (χ2v) is 12.9. The summed E-state index contributed by atoms with van der Waals surface area (Å²) in [4.78, 5) is 28.2. The molecule has 2 aromatic carbocycles. The third-order valence-electron chi connectivity index (χ3n) is 9.87. The number of nitrogens with one attached hydrogen (secondary N) is 1. The number of hydrogen-bond donors (Lipinski definition) is 2. The van der Waals surface area contributed by atoms with Gasteiger partial charge >= 0.3 is 6.01 Å². The Morgan fingerprint density at radius 1 is 1.20 bits per heavy atom. The Balaban J connectivity index is 1.28. The van der Waals surface area contributed by atoms with E-state index in [2.05, 4.69) is 25.2 Å². The van der Waals surface area contributed by atoms with Crippen molar-refractivity contribution in [2.24, 2.45) is 5.41 Å². The van der Waals surface area contributed by atoms with Gasteiger partial charge in [0.05, 0.1) is 26.6 Å². The number of phenolic OH excluding ortho intramolecular Hbond substituents is 1. The highest BCUT2D eigenvalue weighted by molar-refractivity contribution is 5.95. The minimum atomic E-state index is -2.05. The molecule has 5 fully saturated rings. The van der Waals surface area contributed by atoms with E-state index in [1.54, 1.807) is 6.07 Å². The standard InChI is InChI=1S/C33H38FN7O3/c1-2-24-26(34)8-5-20-13-23(42)14-27(28(20)24)41-31(43)29-25(16-36-41)30(40-17-21-6-7-22(40)15-35-21)38-32(37-29)44-19-33(9-10-33)18-39-11-3-4-12-39/h5,8,13-14,16,21-22,35,42H,2-4,6-7,9-12,15,17-19H2,1H3/i19D2. The lowest BCUT2D eigenvalue weighted by Crippen LogP contribution is -2.61. The fourth-order valence-corrected chi connectivity index (χ4v) is 7.35. The van der Waals surface area contributed by atoms with Crippen LogP contribution < -0.4 is 20.5 Å². The molecule has 0 radical (unpaired) electrons. The zero-order valence-electron chi connectivity index (χ0n) is 26.9. The van der Waals surface area contributed by atoms with Gasteiger partial charge in [-0.3, -0.25) is 4.79 Å². The van der Waals surface area contributed by atoms with Crippen LogP contribution in [0.5, 0.6) is 11.8 Å². The van der Waals surface area contributed by atoms with E-state index in [4.69, 9.17) is 12.5 Å². The van der Waals surface area contributed by atoms with Crippen LogP contribution in [0.3, 0.4) is 0 Å². The maximum Gasteiger partial charge on any atom is 0.319 e. The molecule has 6 heterocycles. The zero-order valence-corrected chi connectivity index (χ0v) is 24.9. The van der Waals surface area contributed by atoms with Crippen molar-refractivity contribution >= 4 is 27.5 Å². The number of likely N-dealkylation sites (tertiary alicyclic amines) is 1. The van der Waals surface area contributed by atoms with Crippen LogP contribution in [-0.4, -0.2) is 81.1 Å². The molecular formula is C33H38FN7O3. The summed E-state index contributed by atoms with van der Waals surface area (Å²) in [6, 6.07) is 6.10. The Labute approximate surface area is 257 Å². The van der Waals surface area contributed by atoms with Gasteiger partial charge in [-0.05, 0) is 81.1 Å². The molecule has 2 unspecified atom stereocenters. The number of aryl methyl sites for hydroxylation is 1. The molecule has 11 heteroatoms. The van der Waals surface area contributed by atoms with Crippen molar-refractivity contribution < 1.29 is 17.0 Å². The highest BCUT2D eigenvalue weighted by Crippen LogP contribution is 2.47. The van der Waals surface area contributed by atoms with Crippen molar-refractivity contribution in [3.63, 3.8) is 0 Å². The van der Waals surface area contributed by atoms with Gasteiger partial charge in [-0.2, -0.15) is 19.7 Å². The van der Waals surface area contributed by atoms with Gasteiger partial charge in [0.1, 0.15) is 22.9 Å². The first kappa shape index (κ1) is 25.5. The quantitative estimate of drug-likeness (QED) is 0.311. The van der Waals surface area contributed by atoms with E-state index in [9.17, 15) is 14.3 Å². The lowest BCUT2D eigenvalue weighted by Gasteiger charge is -2.46. The molecule has 230 valence electrons. The fourth-order valence-electron chi connectivity index (χ4n) is 7.35. The van der Waals surface area contributed by atoms with Crippen molar-refractivity contribution in [3.05, 3.63) is 52.2 Å². The number of benzene rings is 2. The second kappa shape index (κ2) is 10.7. The fraction of sp³-hybridized carbons (Fsp3) is 0.515. The largest absolute Gasteiger partial charge is 0.508 e. The monoisotopic (exact) mass is 601 g/mol. The highest BCUT2D eigenvalue weighted by Gasteiger charge is 2.45. The average Bonchev–Trinajstić information content (AvgIpc) is 3.67. The molecule has 5 aliphatic rings. The summed E-state index contributed by atoms with van der Waals surface area (Å²) in [5, 5.41) is 20.2. The maximum absolute atomic E-state index is 15.0. The zero-order chi connectivity index (χ0) is 31.8. The number of aromatic nitrogens is 4. The molecule has 2 bridgehead atoms. The first-order valence-electron chi connectivity index (χ1n) is 16.8. The summed E-state index contributed by atoms with van der Waals surface area (Å²) in [5.74, 6) is -0.000620. The molecule has 44 heavy (non-hydrogen) atoms. The molecule has 4 aliphatic heterocycles. The van der Waals surface area contributed by atoms with Crippen LogP contribution in [0.25, 0.3) is 27.4 Å². The molecule has 2 atom stereocenters. The van der Waals surface area contributed by atoms with Crippen LogP contribution in [0.2, 0.25) is 0 Å². The summed E-state index contributed by atoms with van der Waals surface area (Å²) < 4.78 is 40.3. The van der Waals surface area contributed by atoms with E-state index < -0.39 is 23.4 Å². The third kappa shape index (κ3) is 4.77. The summed E-state index contributed by atoms with van der Waals surface area (Å²) >= 11 is 0. The van der Waals surface area contributed by atoms with Crippen LogP contribution in [0.1, 0.15) is 53.8 Å². The number of rotatable bonds is 8. The molecule has 2 N–H and O–H groups in total. The summed E-state index contributed by atoms with van der Waals surface area (Å²) in [7, 11) is 0. The highest BCUT2D eigenvalue weighted by atomic mass is 19.1. The number of piperazine rings is 1. The van der Waals surface area contributed by atoms with Gasteiger partial charge < -0.3 is 25.0 Å². The molecular weight excluding hydrogens is 561 g/mol. The normalized spacial score (nSPS) is 23.7. The number of hydrogen-bond acceptors (Lipinski definition) is 9. The van der Waals surface area contributed by atoms with E-state index in [-0.39, 0.29) is 35.0 Å². The summed E-state index contributed by atoms with van der Waals surface area (Å²) in [5.41, 5.74) is -0.589. The smallest absolute Gasteiger partial charge is 0.319 e. The Hall–Kier alpha value is -3.83. The van der Waals surface area contributed by atoms with Gasteiger partial charge in [0.25, 0.3) is 5.56 Å². The maximum atomic E-state index is 15.0. The van der Waals surface area contributed by atoms with Crippen LogP contribution in [0, 0.1) is 11.2 Å². The number of aromatic hydroxyl groups is 1.